The normalized spacial score (nSPS) is 29.5. The van der Waals surface area contributed by atoms with E-state index in [0.29, 0.717) is 5.15 Å². The molecule has 5 heteroatoms. The highest BCUT2D eigenvalue weighted by Crippen LogP contribution is 2.29. The summed E-state index contributed by atoms with van der Waals surface area (Å²) in [6, 6.07) is 0. The summed E-state index contributed by atoms with van der Waals surface area (Å²) < 4.78 is 0. The van der Waals surface area contributed by atoms with Gasteiger partial charge in [0.1, 0.15) is 11.0 Å². The van der Waals surface area contributed by atoms with Gasteiger partial charge in [0, 0.05) is 26.2 Å². The zero-order chi connectivity index (χ0) is 10.3. The minimum atomic E-state index is 0.475. The zero-order valence-electron chi connectivity index (χ0n) is 8.36. The van der Waals surface area contributed by atoms with E-state index in [2.05, 4.69) is 20.2 Å². The molecule has 2 fully saturated rings. The van der Waals surface area contributed by atoms with Gasteiger partial charge >= 0.3 is 0 Å². The van der Waals surface area contributed by atoms with Crippen LogP contribution in [0, 0.1) is 11.8 Å². The van der Waals surface area contributed by atoms with E-state index in [4.69, 9.17) is 11.6 Å². The first-order valence-electron chi connectivity index (χ1n) is 5.26. The SMILES string of the molecule is Clc1cncc(N2C[C@H]3CNC[C@H]3C2)n1. The zero-order valence-corrected chi connectivity index (χ0v) is 9.11. The predicted octanol–water partition coefficient (Wildman–Crippen LogP) is 0.786. The van der Waals surface area contributed by atoms with Gasteiger partial charge in [-0.25, -0.2) is 4.98 Å². The summed E-state index contributed by atoms with van der Waals surface area (Å²) in [5.41, 5.74) is 0. The number of fused-ring (bicyclic) bond motifs is 1. The Morgan fingerprint density at radius 1 is 1.27 bits per heavy atom. The third kappa shape index (κ3) is 1.68. The van der Waals surface area contributed by atoms with Crippen molar-refractivity contribution in [2.24, 2.45) is 11.8 Å². The Hall–Kier alpha value is -0.870. The molecule has 0 aliphatic carbocycles. The van der Waals surface area contributed by atoms with Crippen LogP contribution in [-0.4, -0.2) is 36.1 Å². The molecule has 0 amide bonds. The largest absolute Gasteiger partial charge is 0.355 e. The van der Waals surface area contributed by atoms with Crippen molar-refractivity contribution in [1.29, 1.82) is 0 Å². The summed E-state index contributed by atoms with van der Waals surface area (Å²) >= 11 is 5.83. The first-order chi connectivity index (χ1) is 7.33. The standard InChI is InChI=1S/C10H13ClN4/c11-9-3-13-4-10(14-9)15-5-7-1-12-2-8(7)6-15/h3-4,7-8,12H,1-2,5-6H2/t7-,8+. The lowest BCUT2D eigenvalue weighted by molar-refractivity contribution is 0.533. The van der Waals surface area contributed by atoms with Gasteiger partial charge in [0.2, 0.25) is 0 Å². The molecule has 0 saturated carbocycles. The first-order valence-corrected chi connectivity index (χ1v) is 5.64. The Morgan fingerprint density at radius 3 is 2.67 bits per heavy atom. The van der Waals surface area contributed by atoms with Crippen LogP contribution >= 0.6 is 11.6 Å². The molecule has 80 valence electrons. The van der Waals surface area contributed by atoms with Gasteiger partial charge in [-0.3, -0.25) is 4.98 Å². The van der Waals surface area contributed by atoms with Crippen molar-refractivity contribution >= 4 is 17.4 Å². The van der Waals surface area contributed by atoms with Gasteiger partial charge in [-0.1, -0.05) is 11.6 Å². The summed E-state index contributed by atoms with van der Waals surface area (Å²) in [7, 11) is 0. The smallest absolute Gasteiger partial charge is 0.149 e. The number of aromatic nitrogens is 2. The maximum atomic E-state index is 5.83. The third-order valence-corrected chi connectivity index (χ3v) is 3.49. The maximum absolute atomic E-state index is 5.83. The van der Waals surface area contributed by atoms with Crippen molar-refractivity contribution in [3.8, 4) is 0 Å². The Bertz CT molecular complexity index is 358. The average molecular weight is 225 g/mol. The summed E-state index contributed by atoms with van der Waals surface area (Å²) in [5.74, 6) is 2.45. The van der Waals surface area contributed by atoms with Gasteiger partial charge in [-0.15, -0.1) is 0 Å². The number of nitrogens with one attached hydrogen (secondary N) is 1. The van der Waals surface area contributed by atoms with Crippen LogP contribution in [0.25, 0.3) is 0 Å². The Morgan fingerprint density at radius 2 is 2.00 bits per heavy atom. The number of rotatable bonds is 1. The molecule has 0 bridgehead atoms. The fraction of sp³-hybridized carbons (Fsp3) is 0.600. The lowest BCUT2D eigenvalue weighted by atomic mass is 10.0. The number of anilines is 1. The highest BCUT2D eigenvalue weighted by atomic mass is 35.5. The number of nitrogens with zero attached hydrogens (tertiary/aromatic N) is 3. The van der Waals surface area contributed by atoms with Crippen molar-refractivity contribution < 1.29 is 0 Å². The molecule has 0 aromatic carbocycles. The summed E-state index contributed by atoms with van der Waals surface area (Å²) in [4.78, 5) is 10.6. The predicted molar refractivity (Wildman–Crippen MR) is 59.1 cm³/mol. The van der Waals surface area contributed by atoms with Gasteiger partial charge in [0.25, 0.3) is 0 Å². The van der Waals surface area contributed by atoms with Crippen LogP contribution in [0.1, 0.15) is 0 Å². The monoisotopic (exact) mass is 224 g/mol. The van der Waals surface area contributed by atoms with Crippen LogP contribution in [0.5, 0.6) is 0 Å². The first kappa shape index (κ1) is 9.36. The van der Waals surface area contributed by atoms with Gasteiger partial charge < -0.3 is 10.2 Å². The quantitative estimate of drug-likeness (QED) is 0.766. The molecule has 3 heterocycles. The van der Waals surface area contributed by atoms with E-state index in [-0.39, 0.29) is 0 Å². The minimum absolute atomic E-state index is 0.475. The molecular formula is C10H13ClN4. The molecule has 3 rings (SSSR count). The van der Waals surface area contributed by atoms with Crippen LogP contribution in [-0.2, 0) is 0 Å². The average Bonchev–Trinajstić information content (AvgIpc) is 2.76. The summed E-state index contributed by atoms with van der Waals surface area (Å²) in [6.45, 7) is 4.42. The molecule has 1 N–H and O–H groups in total. The molecule has 2 saturated heterocycles. The molecule has 15 heavy (non-hydrogen) atoms. The lowest BCUT2D eigenvalue weighted by Gasteiger charge is -2.17. The van der Waals surface area contributed by atoms with Crippen molar-refractivity contribution in [3.63, 3.8) is 0 Å². The van der Waals surface area contributed by atoms with E-state index in [0.717, 1.165) is 43.8 Å². The Kier molecular flexibility index (Phi) is 2.25. The highest BCUT2D eigenvalue weighted by Gasteiger charge is 2.36. The molecule has 0 spiro atoms. The molecule has 0 radical (unpaired) electrons. The second-order valence-electron chi connectivity index (χ2n) is 4.28. The van der Waals surface area contributed by atoms with E-state index in [1.165, 1.54) is 0 Å². The van der Waals surface area contributed by atoms with E-state index in [1.54, 1.807) is 12.4 Å². The number of hydrogen-bond donors (Lipinski definition) is 1. The highest BCUT2D eigenvalue weighted by molar-refractivity contribution is 6.29. The Labute approximate surface area is 93.7 Å². The topological polar surface area (TPSA) is 41.1 Å². The second-order valence-corrected chi connectivity index (χ2v) is 4.67. The lowest BCUT2D eigenvalue weighted by Crippen LogP contribution is -2.26. The van der Waals surface area contributed by atoms with Crippen molar-refractivity contribution in [2.45, 2.75) is 0 Å². The molecule has 2 atom stereocenters. The minimum Gasteiger partial charge on any atom is -0.355 e. The van der Waals surface area contributed by atoms with Crippen molar-refractivity contribution in [1.82, 2.24) is 15.3 Å². The van der Waals surface area contributed by atoms with Crippen LogP contribution in [0.2, 0.25) is 5.15 Å². The molecule has 2 aliphatic rings. The van der Waals surface area contributed by atoms with Crippen LogP contribution in [0.15, 0.2) is 12.4 Å². The van der Waals surface area contributed by atoms with Crippen LogP contribution in [0.4, 0.5) is 5.82 Å². The molecular weight excluding hydrogens is 212 g/mol. The molecule has 4 nitrogen and oxygen atoms in total. The number of halogens is 1. The second kappa shape index (κ2) is 3.61. The third-order valence-electron chi connectivity index (χ3n) is 3.31. The Balaban J connectivity index is 1.79. The molecule has 1 aromatic heterocycles. The fourth-order valence-electron chi connectivity index (χ4n) is 2.53. The van der Waals surface area contributed by atoms with E-state index >= 15 is 0 Å². The molecule has 0 unspecified atom stereocenters. The van der Waals surface area contributed by atoms with Gasteiger partial charge in [0.15, 0.2) is 0 Å². The van der Waals surface area contributed by atoms with E-state index in [1.807, 2.05) is 0 Å². The number of hydrogen-bond acceptors (Lipinski definition) is 4. The van der Waals surface area contributed by atoms with Gasteiger partial charge in [-0.05, 0) is 11.8 Å². The van der Waals surface area contributed by atoms with Gasteiger partial charge in [-0.2, -0.15) is 0 Å². The van der Waals surface area contributed by atoms with Crippen LogP contribution < -0.4 is 10.2 Å². The van der Waals surface area contributed by atoms with E-state index in [9.17, 15) is 0 Å². The van der Waals surface area contributed by atoms with Crippen molar-refractivity contribution in [3.05, 3.63) is 17.5 Å². The van der Waals surface area contributed by atoms with Crippen LogP contribution in [0.3, 0.4) is 0 Å². The molecule has 2 aliphatic heterocycles. The van der Waals surface area contributed by atoms with Crippen molar-refractivity contribution in [2.75, 3.05) is 31.1 Å². The fourth-order valence-corrected chi connectivity index (χ4v) is 2.67. The molecule has 1 aromatic rings. The summed E-state index contributed by atoms with van der Waals surface area (Å²) in [6.07, 6.45) is 3.36. The van der Waals surface area contributed by atoms with Gasteiger partial charge in [0.05, 0.1) is 12.4 Å². The maximum Gasteiger partial charge on any atom is 0.149 e. The summed E-state index contributed by atoms with van der Waals surface area (Å²) in [5, 5.41) is 3.89. The van der Waals surface area contributed by atoms with E-state index < -0.39 is 0 Å².